The van der Waals surface area contributed by atoms with E-state index in [0.29, 0.717) is 24.2 Å². The van der Waals surface area contributed by atoms with Gasteiger partial charge in [0.05, 0.1) is 0 Å². The fourth-order valence-electron chi connectivity index (χ4n) is 1.97. The molecule has 5 nitrogen and oxygen atoms in total. The topological polar surface area (TPSA) is 58.5 Å². The third-order valence-corrected chi connectivity index (χ3v) is 3.48. The van der Waals surface area contributed by atoms with E-state index in [2.05, 4.69) is 25.3 Å². The summed E-state index contributed by atoms with van der Waals surface area (Å²) in [6, 6.07) is 9.94. The zero-order valence-electron chi connectivity index (χ0n) is 14.0. The van der Waals surface area contributed by atoms with Gasteiger partial charge in [-0.25, -0.2) is 4.98 Å². The highest BCUT2D eigenvalue weighted by atomic mass is 35.5. The Labute approximate surface area is 154 Å². The number of alkyl halides is 3. The van der Waals surface area contributed by atoms with Crippen LogP contribution in [0.5, 0.6) is 5.75 Å². The van der Waals surface area contributed by atoms with Crippen LogP contribution in [-0.2, 0) is 13.1 Å². The summed E-state index contributed by atoms with van der Waals surface area (Å²) in [4.78, 5) is 8.11. The van der Waals surface area contributed by atoms with Gasteiger partial charge in [0, 0.05) is 26.3 Å². The number of nitrogens with one attached hydrogen (secondary N) is 2. The first kappa shape index (κ1) is 19.8. The summed E-state index contributed by atoms with van der Waals surface area (Å²) in [5.74, 6) is 0.751. The number of guanidine groups is 1. The van der Waals surface area contributed by atoms with Gasteiger partial charge in [-0.15, -0.1) is 0 Å². The molecule has 0 aliphatic carbocycles. The number of hydrogen-bond donors (Lipinski definition) is 2. The van der Waals surface area contributed by atoms with E-state index in [-0.39, 0.29) is 5.75 Å². The van der Waals surface area contributed by atoms with Crippen LogP contribution < -0.4 is 15.4 Å². The van der Waals surface area contributed by atoms with Gasteiger partial charge in [-0.05, 0) is 29.3 Å². The Morgan fingerprint density at radius 1 is 1.08 bits per heavy atom. The van der Waals surface area contributed by atoms with Gasteiger partial charge in [-0.1, -0.05) is 29.8 Å². The van der Waals surface area contributed by atoms with Crippen LogP contribution in [0.1, 0.15) is 11.1 Å². The maximum Gasteiger partial charge on any atom is 0.422 e. The number of rotatable bonds is 6. The van der Waals surface area contributed by atoms with Crippen molar-refractivity contribution >= 4 is 17.6 Å². The van der Waals surface area contributed by atoms with Crippen molar-refractivity contribution in [1.29, 1.82) is 0 Å². The van der Waals surface area contributed by atoms with E-state index in [1.165, 1.54) is 12.1 Å². The number of aromatic nitrogens is 1. The molecule has 2 rings (SSSR count). The predicted molar refractivity (Wildman–Crippen MR) is 94.3 cm³/mol. The summed E-state index contributed by atoms with van der Waals surface area (Å²) in [5, 5.41) is 6.67. The summed E-state index contributed by atoms with van der Waals surface area (Å²) in [6.45, 7) is -0.327. The Kier molecular flexibility index (Phi) is 7.08. The molecule has 1 aromatic heterocycles. The molecule has 1 heterocycles. The fraction of sp³-hybridized carbons (Fsp3) is 0.294. The van der Waals surface area contributed by atoms with Gasteiger partial charge in [-0.2, -0.15) is 13.2 Å². The van der Waals surface area contributed by atoms with Crippen LogP contribution in [-0.4, -0.2) is 30.8 Å². The highest BCUT2D eigenvalue weighted by Gasteiger charge is 2.28. The molecule has 26 heavy (non-hydrogen) atoms. The van der Waals surface area contributed by atoms with E-state index in [4.69, 9.17) is 11.6 Å². The maximum atomic E-state index is 12.1. The lowest BCUT2D eigenvalue weighted by molar-refractivity contribution is -0.153. The van der Waals surface area contributed by atoms with E-state index < -0.39 is 12.8 Å². The lowest BCUT2D eigenvalue weighted by atomic mass is 10.2. The molecule has 0 aliphatic rings. The molecule has 0 aliphatic heterocycles. The molecule has 0 atom stereocenters. The van der Waals surface area contributed by atoms with Gasteiger partial charge in [0.15, 0.2) is 12.6 Å². The number of ether oxygens (including phenoxy) is 1. The number of pyridine rings is 1. The van der Waals surface area contributed by atoms with E-state index in [9.17, 15) is 13.2 Å². The second-order valence-corrected chi connectivity index (χ2v) is 5.70. The molecule has 0 saturated heterocycles. The molecular weight excluding hydrogens is 369 g/mol. The van der Waals surface area contributed by atoms with Crippen molar-refractivity contribution in [3.8, 4) is 5.75 Å². The van der Waals surface area contributed by atoms with Crippen molar-refractivity contribution < 1.29 is 17.9 Å². The highest BCUT2D eigenvalue weighted by molar-refractivity contribution is 6.29. The monoisotopic (exact) mass is 386 g/mol. The number of nitrogens with zero attached hydrogens (tertiary/aromatic N) is 2. The van der Waals surface area contributed by atoms with Crippen molar-refractivity contribution in [2.75, 3.05) is 13.7 Å². The third kappa shape index (κ3) is 7.18. The maximum absolute atomic E-state index is 12.1. The summed E-state index contributed by atoms with van der Waals surface area (Å²) in [7, 11) is 1.64. The zero-order chi connectivity index (χ0) is 19.0. The molecule has 9 heteroatoms. The van der Waals surface area contributed by atoms with Gasteiger partial charge < -0.3 is 15.4 Å². The minimum absolute atomic E-state index is 0.170. The van der Waals surface area contributed by atoms with Gasteiger partial charge in [-0.3, -0.25) is 4.99 Å². The number of halogens is 4. The van der Waals surface area contributed by atoms with E-state index >= 15 is 0 Å². The van der Waals surface area contributed by atoms with Crippen molar-refractivity contribution in [3.05, 3.63) is 58.9 Å². The van der Waals surface area contributed by atoms with Gasteiger partial charge in [0.25, 0.3) is 0 Å². The van der Waals surface area contributed by atoms with Crippen molar-refractivity contribution in [2.24, 2.45) is 4.99 Å². The molecule has 0 fully saturated rings. The van der Waals surface area contributed by atoms with E-state index in [0.717, 1.165) is 11.1 Å². The largest absolute Gasteiger partial charge is 0.484 e. The fourth-order valence-corrected chi connectivity index (χ4v) is 2.08. The predicted octanol–water partition coefficient (Wildman–Crippen LogP) is 3.54. The number of benzene rings is 1. The molecule has 0 bridgehead atoms. The lowest BCUT2D eigenvalue weighted by Gasteiger charge is -2.13. The first-order valence-electron chi connectivity index (χ1n) is 7.69. The number of hydrogen-bond acceptors (Lipinski definition) is 3. The summed E-state index contributed by atoms with van der Waals surface area (Å²) in [5.41, 5.74) is 1.82. The van der Waals surface area contributed by atoms with Crippen LogP contribution in [0.15, 0.2) is 47.6 Å². The van der Waals surface area contributed by atoms with Crippen LogP contribution in [0.2, 0.25) is 5.15 Å². The Morgan fingerprint density at radius 2 is 1.69 bits per heavy atom. The quantitative estimate of drug-likeness (QED) is 0.453. The molecule has 2 aromatic rings. The SMILES string of the molecule is CN=C(NCc1ccc(OCC(F)(F)F)cc1)NCc1ccc(Cl)nc1. The average molecular weight is 387 g/mol. The molecular formula is C17H18ClF3N4O. The summed E-state index contributed by atoms with van der Waals surface area (Å²) >= 11 is 5.74. The second-order valence-electron chi connectivity index (χ2n) is 5.32. The average Bonchev–Trinajstić information content (AvgIpc) is 2.62. The first-order chi connectivity index (χ1) is 12.4. The van der Waals surface area contributed by atoms with Crippen LogP contribution in [0, 0.1) is 0 Å². The summed E-state index contributed by atoms with van der Waals surface area (Å²) < 4.78 is 41.0. The van der Waals surface area contributed by atoms with Gasteiger partial charge in [0.1, 0.15) is 10.9 Å². The third-order valence-electron chi connectivity index (χ3n) is 3.26. The highest BCUT2D eigenvalue weighted by Crippen LogP contribution is 2.18. The van der Waals surface area contributed by atoms with Gasteiger partial charge >= 0.3 is 6.18 Å². The molecule has 0 amide bonds. The molecule has 0 radical (unpaired) electrons. The van der Waals surface area contributed by atoms with Crippen LogP contribution in [0.25, 0.3) is 0 Å². The smallest absolute Gasteiger partial charge is 0.422 e. The Morgan fingerprint density at radius 3 is 2.23 bits per heavy atom. The normalized spacial score (nSPS) is 12.0. The Hall–Kier alpha value is -2.48. The molecule has 2 N–H and O–H groups in total. The van der Waals surface area contributed by atoms with Crippen molar-refractivity contribution in [3.63, 3.8) is 0 Å². The first-order valence-corrected chi connectivity index (χ1v) is 8.07. The zero-order valence-corrected chi connectivity index (χ0v) is 14.7. The molecule has 0 saturated carbocycles. The lowest BCUT2D eigenvalue weighted by Crippen LogP contribution is -2.36. The standard InChI is InChI=1S/C17H18ClF3N4O/c1-22-16(25-10-13-4-7-15(18)23-9-13)24-8-12-2-5-14(6-3-12)26-11-17(19,20)21/h2-7,9H,8,10-11H2,1H3,(H2,22,24,25). The second kappa shape index (κ2) is 9.28. The molecule has 0 spiro atoms. The Bertz CT molecular complexity index is 718. The van der Waals surface area contributed by atoms with Crippen LogP contribution in [0.4, 0.5) is 13.2 Å². The number of aliphatic imine (C=N–C) groups is 1. The van der Waals surface area contributed by atoms with Gasteiger partial charge in [0.2, 0.25) is 0 Å². The summed E-state index contributed by atoms with van der Waals surface area (Å²) in [6.07, 6.45) is -2.68. The Balaban J connectivity index is 1.79. The molecule has 140 valence electrons. The van der Waals surface area contributed by atoms with E-state index in [1.54, 1.807) is 31.4 Å². The van der Waals surface area contributed by atoms with Crippen LogP contribution in [0.3, 0.4) is 0 Å². The van der Waals surface area contributed by atoms with Crippen molar-refractivity contribution in [1.82, 2.24) is 15.6 Å². The molecule has 0 unspecified atom stereocenters. The van der Waals surface area contributed by atoms with E-state index in [1.807, 2.05) is 6.07 Å². The van der Waals surface area contributed by atoms with Crippen LogP contribution >= 0.6 is 11.6 Å². The minimum atomic E-state index is -4.35. The minimum Gasteiger partial charge on any atom is -0.484 e. The molecule has 1 aromatic carbocycles. The van der Waals surface area contributed by atoms with Crippen molar-refractivity contribution in [2.45, 2.75) is 19.3 Å².